The Balaban J connectivity index is 1.03. The van der Waals surface area contributed by atoms with E-state index >= 15 is 0 Å². The minimum absolute atomic E-state index is 0.855. The van der Waals surface area contributed by atoms with Crippen molar-refractivity contribution in [1.29, 1.82) is 0 Å². The Morgan fingerprint density at radius 3 is 1.86 bits per heavy atom. The number of anilines is 3. The average Bonchev–Trinajstić information content (AvgIpc) is 3.89. The molecule has 0 saturated carbocycles. The SMILES string of the molecule is c1ccc(-c2cccc3c2oc2c(N(c4ccc(-c5ccc6c(ccc7ccccc76)c5)cc4)c4cccc(-c5cccc6c5sc5ccccc56)c4)cccc23)cc1. The molecular formula is C56H35NOS. The van der Waals surface area contributed by atoms with Gasteiger partial charge in [-0.3, -0.25) is 0 Å². The third-order valence-electron chi connectivity index (χ3n) is 11.9. The fraction of sp³-hybridized carbons (Fsp3) is 0. The maximum Gasteiger partial charge on any atom is 0.159 e. The molecule has 0 spiro atoms. The van der Waals surface area contributed by atoms with Crippen LogP contribution in [0, 0.1) is 0 Å². The van der Waals surface area contributed by atoms with Crippen LogP contribution >= 0.6 is 11.3 Å². The quantitative estimate of drug-likeness (QED) is 0.157. The van der Waals surface area contributed by atoms with Crippen LogP contribution < -0.4 is 4.90 Å². The molecule has 0 aliphatic heterocycles. The number of hydrogen-bond donors (Lipinski definition) is 0. The zero-order chi connectivity index (χ0) is 38.9. The van der Waals surface area contributed by atoms with Crippen molar-refractivity contribution in [3.63, 3.8) is 0 Å². The van der Waals surface area contributed by atoms with Gasteiger partial charge in [0.2, 0.25) is 0 Å². The van der Waals surface area contributed by atoms with Crippen LogP contribution in [0.5, 0.6) is 0 Å². The van der Waals surface area contributed by atoms with E-state index in [9.17, 15) is 0 Å². The molecule has 2 aromatic heterocycles. The Morgan fingerprint density at radius 2 is 0.983 bits per heavy atom. The van der Waals surface area contributed by atoms with Gasteiger partial charge in [-0.25, -0.2) is 0 Å². The first kappa shape index (κ1) is 33.7. The van der Waals surface area contributed by atoms with Crippen LogP contribution in [0.15, 0.2) is 217 Å². The minimum atomic E-state index is 0.855. The lowest BCUT2D eigenvalue weighted by molar-refractivity contribution is 0.670. The third kappa shape index (κ3) is 5.55. The van der Waals surface area contributed by atoms with E-state index in [0.717, 1.165) is 50.1 Å². The maximum absolute atomic E-state index is 7.02. The van der Waals surface area contributed by atoms with Gasteiger partial charge in [-0.05, 0) is 91.8 Å². The Bertz CT molecular complexity index is 3560. The number of thiophene rings is 1. The Labute approximate surface area is 345 Å². The lowest BCUT2D eigenvalue weighted by Crippen LogP contribution is -2.10. The van der Waals surface area contributed by atoms with Gasteiger partial charge < -0.3 is 9.32 Å². The number of benzene rings is 10. The number of rotatable bonds is 6. The van der Waals surface area contributed by atoms with Crippen LogP contribution in [0.4, 0.5) is 17.1 Å². The van der Waals surface area contributed by atoms with Crippen LogP contribution in [0.3, 0.4) is 0 Å². The van der Waals surface area contributed by atoms with E-state index in [2.05, 4.69) is 217 Å². The molecule has 2 heterocycles. The molecular weight excluding hydrogens is 735 g/mol. The molecule has 0 radical (unpaired) electrons. The van der Waals surface area contributed by atoms with Gasteiger partial charge in [0, 0.05) is 47.9 Å². The number of para-hydroxylation sites is 2. The van der Waals surface area contributed by atoms with Crippen LogP contribution in [0.25, 0.3) is 97.0 Å². The molecule has 0 aliphatic carbocycles. The van der Waals surface area contributed by atoms with E-state index < -0.39 is 0 Å². The lowest BCUT2D eigenvalue weighted by Gasteiger charge is -2.26. The van der Waals surface area contributed by atoms with Gasteiger partial charge in [0.05, 0.1) is 5.69 Å². The zero-order valence-electron chi connectivity index (χ0n) is 32.0. The van der Waals surface area contributed by atoms with E-state index in [1.165, 1.54) is 64.0 Å². The summed E-state index contributed by atoms with van der Waals surface area (Å²) >= 11 is 1.87. The van der Waals surface area contributed by atoms with Crippen LogP contribution in [0.1, 0.15) is 0 Å². The third-order valence-corrected chi connectivity index (χ3v) is 13.1. The standard InChI is InChI=1S/C56H35NOS/c1-2-12-37(13-3-1)46-19-9-21-49-50-22-11-24-52(55(50)58-54(46)49)57(43-16-8-15-40(35-43)47-20-10-23-51-48-18-6-7-25-53(48)59-56(47)51)42-31-28-36(29-32-42)39-30-33-45-41(34-39)27-26-38-14-4-5-17-44(38)45/h1-35H. The maximum atomic E-state index is 7.02. The predicted octanol–water partition coefficient (Wildman–Crippen LogP) is 16.7. The molecule has 276 valence electrons. The number of furan rings is 1. The first-order chi connectivity index (χ1) is 29.2. The van der Waals surface area contributed by atoms with Gasteiger partial charge in [-0.2, -0.15) is 0 Å². The van der Waals surface area contributed by atoms with E-state index in [-0.39, 0.29) is 0 Å². The van der Waals surface area contributed by atoms with E-state index in [0.29, 0.717) is 0 Å². The summed E-state index contributed by atoms with van der Waals surface area (Å²) in [6, 6.07) is 76.8. The fourth-order valence-corrected chi connectivity index (χ4v) is 10.3. The summed E-state index contributed by atoms with van der Waals surface area (Å²) in [5, 5.41) is 9.85. The molecule has 0 amide bonds. The summed E-state index contributed by atoms with van der Waals surface area (Å²) in [7, 11) is 0. The first-order valence-corrected chi connectivity index (χ1v) is 20.9. The van der Waals surface area contributed by atoms with E-state index in [1.54, 1.807) is 0 Å². The average molecular weight is 770 g/mol. The molecule has 10 aromatic carbocycles. The molecule has 0 atom stereocenters. The molecule has 0 aliphatic rings. The Kier molecular flexibility index (Phi) is 7.75. The normalized spacial score (nSPS) is 11.7. The van der Waals surface area contributed by atoms with Gasteiger partial charge in [0.1, 0.15) is 5.58 Å². The Morgan fingerprint density at radius 1 is 0.339 bits per heavy atom. The second kappa shape index (κ2) is 13.6. The highest BCUT2D eigenvalue weighted by molar-refractivity contribution is 7.26. The second-order valence-corrected chi connectivity index (χ2v) is 16.3. The van der Waals surface area contributed by atoms with Gasteiger partial charge in [-0.15, -0.1) is 11.3 Å². The summed E-state index contributed by atoms with van der Waals surface area (Å²) < 4.78 is 9.63. The summed E-state index contributed by atoms with van der Waals surface area (Å²) in [5.74, 6) is 0. The van der Waals surface area contributed by atoms with Crippen molar-refractivity contribution in [2.24, 2.45) is 0 Å². The summed E-state index contributed by atoms with van der Waals surface area (Å²) in [4.78, 5) is 2.36. The molecule has 0 unspecified atom stereocenters. The van der Waals surface area contributed by atoms with Gasteiger partial charge in [0.25, 0.3) is 0 Å². The predicted molar refractivity (Wildman–Crippen MR) is 253 cm³/mol. The molecule has 0 N–H and O–H groups in total. The number of fused-ring (bicyclic) bond motifs is 9. The second-order valence-electron chi connectivity index (χ2n) is 15.2. The minimum Gasteiger partial charge on any atom is -0.453 e. The molecule has 0 bridgehead atoms. The topological polar surface area (TPSA) is 16.4 Å². The van der Waals surface area contributed by atoms with Gasteiger partial charge >= 0.3 is 0 Å². The molecule has 3 heteroatoms. The molecule has 0 fully saturated rings. The highest BCUT2D eigenvalue weighted by Crippen LogP contribution is 2.46. The Hall–Kier alpha value is -7.46. The molecule has 2 nitrogen and oxygen atoms in total. The number of hydrogen-bond acceptors (Lipinski definition) is 3. The van der Waals surface area contributed by atoms with Gasteiger partial charge in [0.15, 0.2) is 5.58 Å². The highest BCUT2D eigenvalue weighted by atomic mass is 32.1. The van der Waals surface area contributed by atoms with Crippen molar-refractivity contribution in [2.45, 2.75) is 0 Å². The van der Waals surface area contributed by atoms with Crippen molar-refractivity contribution < 1.29 is 4.42 Å². The van der Waals surface area contributed by atoms with Crippen LogP contribution in [-0.4, -0.2) is 0 Å². The lowest BCUT2D eigenvalue weighted by atomic mass is 9.97. The van der Waals surface area contributed by atoms with Crippen LogP contribution in [0.2, 0.25) is 0 Å². The molecule has 12 rings (SSSR count). The van der Waals surface area contributed by atoms with Crippen molar-refractivity contribution >= 4 is 92.1 Å². The smallest absolute Gasteiger partial charge is 0.159 e. The van der Waals surface area contributed by atoms with Crippen molar-refractivity contribution in [1.82, 2.24) is 0 Å². The molecule has 12 aromatic rings. The molecule has 0 saturated heterocycles. The molecule has 59 heavy (non-hydrogen) atoms. The summed E-state index contributed by atoms with van der Waals surface area (Å²) in [6.45, 7) is 0. The monoisotopic (exact) mass is 769 g/mol. The summed E-state index contributed by atoms with van der Waals surface area (Å²) in [5.41, 5.74) is 11.8. The van der Waals surface area contributed by atoms with Crippen molar-refractivity contribution in [3.05, 3.63) is 212 Å². The summed E-state index contributed by atoms with van der Waals surface area (Å²) in [6.07, 6.45) is 0. The highest BCUT2D eigenvalue weighted by Gasteiger charge is 2.22. The zero-order valence-corrected chi connectivity index (χ0v) is 32.8. The van der Waals surface area contributed by atoms with Gasteiger partial charge in [-0.1, -0.05) is 170 Å². The fourth-order valence-electron chi connectivity index (χ4n) is 9.04. The number of nitrogens with zero attached hydrogens (tertiary/aromatic N) is 1. The van der Waals surface area contributed by atoms with E-state index in [4.69, 9.17) is 4.42 Å². The largest absolute Gasteiger partial charge is 0.453 e. The van der Waals surface area contributed by atoms with Crippen molar-refractivity contribution in [3.8, 4) is 33.4 Å². The first-order valence-electron chi connectivity index (χ1n) is 20.1. The van der Waals surface area contributed by atoms with Crippen LogP contribution in [-0.2, 0) is 0 Å². The van der Waals surface area contributed by atoms with Crippen molar-refractivity contribution in [2.75, 3.05) is 4.90 Å². The van der Waals surface area contributed by atoms with E-state index in [1.807, 2.05) is 11.3 Å².